The Kier molecular flexibility index (Phi) is 9.14. The molecule has 0 saturated carbocycles. The number of nitrogens with zero attached hydrogens (tertiary/aromatic N) is 2. The zero-order valence-corrected chi connectivity index (χ0v) is 19.3. The number of hydrogen-bond donors (Lipinski definition) is 3. The van der Waals surface area contributed by atoms with E-state index in [2.05, 4.69) is 38.8 Å². The van der Waals surface area contributed by atoms with Crippen molar-refractivity contribution in [3.05, 3.63) is 64.8 Å². The molecule has 28 heavy (non-hydrogen) atoms. The Labute approximate surface area is 187 Å². The van der Waals surface area contributed by atoms with Crippen LogP contribution < -0.4 is 10.6 Å². The zero-order chi connectivity index (χ0) is 19.1. The molecule has 0 aliphatic heterocycles. The molecule has 0 fully saturated rings. The number of aliphatic imine (C=N–C) groups is 1. The number of aliphatic hydroxyl groups is 1. The Morgan fingerprint density at radius 2 is 2.04 bits per heavy atom. The fraction of sp³-hybridized carbons (Fsp3) is 0.333. The lowest BCUT2D eigenvalue weighted by Crippen LogP contribution is -2.38. The maximum absolute atomic E-state index is 10.5. The van der Waals surface area contributed by atoms with Crippen LogP contribution in [0.15, 0.2) is 53.7 Å². The third kappa shape index (κ3) is 6.42. The molecule has 0 saturated heterocycles. The van der Waals surface area contributed by atoms with Gasteiger partial charge < -0.3 is 15.7 Å². The Hall–Kier alpha value is -1.71. The van der Waals surface area contributed by atoms with Gasteiger partial charge >= 0.3 is 0 Å². The molecular weight excluding hydrogens is 483 g/mol. The molecule has 0 bridgehead atoms. The average molecular weight is 510 g/mol. The molecule has 0 aliphatic carbocycles. The van der Waals surface area contributed by atoms with Gasteiger partial charge in [0.05, 0.1) is 6.54 Å². The van der Waals surface area contributed by atoms with Gasteiger partial charge in [0.1, 0.15) is 6.10 Å². The highest BCUT2D eigenvalue weighted by Gasteiger charge is 2.11. The van der Waals surface area contributed by atoms with Crippen LogP contribution in [0.3, 0.4) is 0 Å². The van der Waals surface area contributed by atoms with Crippen LogP contribution in [0.2, 0.25) is 0 Å². The summed E-state index contributed by atoms with van der Waals surface area (Å²) in [6.45, 7) is 5.88. The van der Waals surface area contributed by atoms with Crippen molar-refractivity contribution in [2.24, 2.45) is 4.99 Å². The number of fused-ring (bicyclic) bond motifs is 1. The predicted octanol–water partition coefficient (Wildman–Crippen LogP) is 4.05. The highest BCUT2D eigenvalue weighted by molar-refractivity contribution is 14.0. The first-order valence-electron chi connectivity index (χ1n) is 9.26. The Morgan fingerprint density at radius 3 is 2.75 bits per heavy atom. The van der Waals surface area contributed by atoms with Crippen LogP contribution in [0.4, 0.5) is 0 Å². The molecule has 3 N–H and O–H groups in total. The highest BCUT2D eigenvalue weighted by atomic mass is 127. The molecule has 0 aliphatic rings. The molecule has 0 amide bonds. The number of hydrogen-bond acceptors (Lipinski definition) is 4. The van der Waals surface area contributed by atoms with Crippen LogP contribution in [0.1, 0.15) is 29.2 Å². The number of aromatic nitrogens is 1. The largest absolute Gasteiger partial charge is 0.386 e. The van der Waals surface area contributed by atoms with Crippen molar-refractivity contribution in [1.82, 2.24) is 15.6 Å². The lowest BCUT2D eigenvalue weighted by atomic mass is 10.2. The minimum absolute atomic E-state index is 0. The van der Waals surface area contributed by atoms with Crippen molar-refractivity contribution >= 4 is 51.4 Å². The van der Waals surface area contributed by atoms with Crippen molar-refractivity contribution in [2.45, 2.75) is 26.4 Å². The lowest BCUT2D eigenvalue weighted by molar-refractivity contribution is 0.191. The van der Waals surface area contributed by atoms with Crippen molar-refractivity contribution < 1.29 is 5.11 Å². The van der Waals surface area contributed by atoms with Gasteiger partial charge in [0, 0.05) is 34.6 Å². The average Bonchev–Trinajstić information content (AvgIpc) is 3.12. The minimum atomic E-state index is -0.598. The van der Waals surface area contributed by atoms with Crippen molar-refractivity contribution in [2.75, 3.05) is 19.6 Å². The zero-order valence-electron chi connectivity index (χ0n) is 16.2. The number of benzene rings is 1. The summed E-state index contributed by atoms with van der Waals surface area (Å²) in [6.07, 6.45) is 2.18. The van der Waals surface area contributed by atoms with E-state index in [1.807, 2.05) is 44.3 Å². The minimum Gasteiger partial charge on any atom is -0.386 e. The van der Waals surface area contributed by atoms with Gasteiger partial charge in [0.2, 0.25) is 0 Å². The van der Waals surface area contributed by atoms with Gasteiger partial charge in [-0.25, -0.2) is 0 Å². The van der Waals surface area contributed by atoms with Crippen molar-refractivity contribution in [3.63, 3.8) is 0 Å². The molecule has 3 rings (SSSR count). The van der Waals surface area contributed by atoms with E-state index in [4.69, 9.17) is 0 Å². The third-order valence-electron chi connectivity index (χ3n) is 4.22. The van der Waals surface area contributed by atoms with E-state index in [9.17, 15) is 5.11 Å². The standard InChI is InChI=1S/C21H26N4OS.HI/c1-3-22-21(23-11-10-16-9-8-15(2)24-13-16)25-14-18(26)20-12-17-6-4-5-7-19(17)27-20;/h4-9,12-13,18,26H,3,10-11,14H2,1-2H3,(H2,22,23,25);1H. The summed E-state index contributed by atoms with van der Waals surface area (Å²) >= 11 is 1.62. The SMILES string of the molecule is CCNC(=NCC(O)c1cc2ccccc2s1)NCCc1ccc(C)nc1.I. The summed E-state index contributed by atoms with van der Waals surface area (Å²) in [7, 11) is 0. The Balaban J connectivity index is 0.00000280. The maximum atomic E-state index is 10.5. The van der Waals surface area contributed by atoms with Crippen molar-refractivity contribution in [1.29, 1.82) is 0 Å². The highest BCUT2D eigenvalue weighted by Crippen LogP contribution is 2.29. The van der Waals surface area contributed by atoms with Crippen LogP contribution >= 0.6 is 35.3 Å². The number of pyridine rings is 1. The maximum Gasteiger partial charge on any atom is 0.191 e. The molecule has 3 aromatic rings. The van der Waals surface area contributed by atoms with Crippen LogP contribution in [-0.2, 0) is 6.42 Å². The number of aryl methyl sites for hydroxylation is 1. The number of thiophene rings is 1. The molecule has 2 heterocycles. The third-order valence-corrected chi connectivity index (χ3v) is 5.44. The molecule has 150 valence electrons. The summed E-state index contributed by atoms with van der Waals surface area (Å²) in [5, 5.41) is 18.2. The van der Waals surface area contributed by atoms with E-state index in [0.29, 0.717) is 6.54 Å². The summed E-state index contributed by atoms with van der Waals surface area (Å²) in [6, 6.07) is 14.3. The van der Waals surface area contributed by atoms with Gasteiger partial charge in [-0.1, -0.05) is 24.3 Å². The van der Waals surface area contributed by atoms with Gasteiger partial charge in [0.15, 0.2) is 5.96 Å². The summed E-state index contributed by atoms with van der Waals surface area (Å²) in [4.78, 5) is 9.81. The number of halogens is 1. The van der Waals surface area contributed by atoms with E-state index in [1.165, 1.54) is 10.3 Å². The normalized spacial score (nSPS) is 12.5. The molecule has 5 nitrogen and oxygen atoms in total. The molecule has 7 heteroatoms. The number of nitrogens with one attached hydrogen (secondary N) is 2. The molecule has 1 atom stereocenters. The number of aliphatic hydroxyl groups excluding tert-OH is 1. The predicted molar refractivity (Wildman–Crippen MR) is 129 cm³/mol. The van der Waals surface area contributed by atoms with Crippen molar-refractivity contribution in [3.8, 4) is 0 Å². The molecule has 1 unspecified atom stereocenters. The van der Waals surface area contributed by atoms with Gasteiger partial charge in [-0.05, 0) is 49.4 Å². The van der Waals surface area contributed by atoms with Gasteiger partial charge in [-0.2, -0.15) is 0 Å². The lowest BCUT2D eigenvalue weighted by Gasteiger charge is -2.12. The van der Waals surface area contributed by atoms with E-state index in [-0.39, 0.29) is 24.0 Å². The second-order valence-corrected chi connectivity index (χ2v) is 7.52. The second-order valence-electron chi connectivity index (χ2n) is 6.41. The van der Waals surface area contributed by atoms with E-state index in [1.54, 1.807) is 11.3 Å². The number of rotatable bonds is 7. The fourth-order valence-corrected chi connectivity index (χ4v) is 3.79. The Morgan fingerprint density at radius 1 is 1.21 bits per heavy atom. The first kappa shape index (κ1) is 22.6. The van der Waals surface area contributed by atoms with E-state index in [0.717, 1.165) is 41.4 Å². The smallest absolute Gasteiger partial charge is 0.191 e. The number of guanidine groups is 1. The topological polar surface area (TPSA) is 69.5 Å². The van der Waals surface area contributed by atoms with E-state index < -0.39 is 6.10 Å². The molecular formula is C21H27IN4OS. The Bertz CT molecular complexity index is 862. The quantitative estimate of drug-likeness (QED) is 0.255. The summed E-state index contributed by atoms with van der Waals surface area (Å²) < 4.78 is 1.19. The summed E-state index contributed by atoms with van der Waals surface area (Å²) in [5.41, 5.74) is 2.21. The van der Waals surface area contributed by atoms with Crippen LogP contribution in [-0.4, -0.2) is 35.7 Å². The van der Waals surface area contributed by atoms with Gasteiger partial charge in [0.25, 0.3) is 0 Å². The van der Waals surface area contributed by atoms with E-state index >= 15 is 0 Å². The molecule has 0 spiro atoms. The van der Waals surface area contributed by atoms with Crippen LogP contribution in [0.5, 0.6) is 0 Å². The second kappa shape index (κ2) is 11.3. The first-order chi connectivity index (χ1) is 13.2. The van der Waals surface area contributed by atoms with Gasteiger partial charge in [-0.3, -0.25) is 9.98 Å². The summed E-state index contributed by atoms with van der Waals surface area (Å²) in [5.74, 6) is 0.720. The van der Waals surface area contributed by atoms with Crippen LogP contribution in [0.25, 0.3) is 10.1 Å². The monoisotopic (exact) mass is 510 g/mol. The fourth-order valence-electron chi connectivity index (χ4n) is 2.75. The molecule has 0 radical (unpaired) electrons. The molecule has 1 aromatic carbocycles. The van der Waals surface area contributed by atoms with Gasteiger partial charge in [-0.15, -0.1) is 35.3 Å². The molecule has 2 aromatic heterocycles. The first-order valence-corrected chi connectivity index (χ1v) is 10.1. The van der Waals surface area contributed by atoms with Crippen LogP contribution in [0, 0.1) is 6.92 Å².